The Kier molecular flexibility index (Phi) is 3.87. The SMILES string of the molecule is Cn1c(O)c(C=Nc2ccc(Br)cc2)c2cc(Br)ccc21. The lowest BCUT2D eigenvalue weighted by atomic mass is 10.2. The molecular formula is C16H12Br2N2O. The highest BCUT2D eigenvalue weighted by Gasteiger charge is 2.12. The van der Waals surface area contributed by atoms with Crippen molar-refractivity contribution >= 4 is 54.7 Å². The Labute approximate surface area is 139 Å². The number of hydrogen-bond acceptors (Lipinski definition) is 2. The van der Waals surface area contributed by atoms with E-state index in [2.05, 4.69) is 36.9 Å². The third kappa shape index (κ3) is 2.76. The minimum atomic E-state index is 0.212. The van der Waals surface area contributed by atoms with Gasteiger partial charge in [-0.1, -0.05) is 31.9 Å². The van der Waals surface area contributed by atoms with Crippen molar-refractivity contribution in [3.8, 4) is 5.88 Å². The molecule has 0 aliphatic heterocycles. The molecule has 3 rings (SSSR count). The van der Waals surface area contributed by atoms with E-state index in [-0.39, 0.29) is 5.88 Å². The van der Waals surface area contributed by atoms with E-state index in [0.29, 0.717) is 0 Å². The number of halogens is 2. The maximum atomic E-state index is 10.3. The summed E-state index contributed by atoms with van der Waals surface area (Å²) in [7, 11) is 1.84. The lowest BCUT2D eigenvalue weighted by Gasteiger charge is -1.96. The second kappa shape index (κ2) is 5.66. The summed E-state index contributed by atoms with van der Waals surface area (Å²) in [4.78, 5) is 4.44. The van der Waals surface area contributed by atoms with Gasteiger partial charge in [-0.15, -0.1) is 0 Å². The van der Waals surface area contributed by atoms with Crippen LogP contribution < -0.4 is 0 Å². The van der Waals surface area contributed by atoms with Gasteiger partial charge in [-0.05, 0) is 42.5 Å². The van der Waals surface area contributed by atoms with Crippen LogP contribution in [0.5, 0.6) is 5.88 Å². The van der Waals surface area contributed by atoms with Crippen LogP contribution in [0.1, 0.15) is 5.56 Å². The molecule has 0 aliphatic carbocycles. The maximum Gasteiger partial charge on any atom is 0.200 e. The van der Waals surface area contributed by atoms with Gasteiger partial charge in [-0.3, -0.25) is 4.99 Å². The molecule has 0 atom stereocenters. The van der Waals surface area contributed by atoms with E-state index in [1.54, 1.807) is 10.8 Å². The van der Waals surface area contributed by atoms with Crippen LogP contribution in [-0.4, -0.2) is 15.9 Å². The summed E-state index contributed by atoms with van der Waals surface area (Å²) >= 11 is 6.86. The first-order chi connectivity index (χ1) is 10.1. The molecular weight excluding hydrogens is 396 g/mol. The predicted octanol–water partition coefficient (Wildman–Crippen LogP) is 5.16. The largest absolute Gasteiger partial charge is 0.494 e. The van der Waals surface area contributed by atoms with E-state index in [4.69, 9.17) is 0 Å². The summed E-state index contributed by atoms with van der Waals surface area (Å²) in [6, 6.07) is 13.6. The van der Waals surface area contributed by atoms with Crippen molar-refractivity contribution < 1.29 is 5.11 Å². The molecule has 3 aromatic rings. The topological polar surface area (TPSA) is 37.5 Å². The fraction of sp³-hybridized carbons (Fsp3) is 0.0625. The van der Waals surface area contributed by atoms with Gasteiger partial charge in [-0.2, -0.15) is 0 Å². The minimum Gasteiger partial charge on any atom is -0.494 e. The Hall–Kier alpha value is -1.59. The monoisotopic (exact) mass is 406 g/mol. The van der Waals surface area contributed by atoms with Crippen LogP contribution in [0.2, 0.25) is 0 Å². The van der Waals surface area contributed by atoms with Gasteiger partial charge < -0.3 is 9.67 Å². The Bertz CT molecular complexity index is 836. The Balaban J connectivity index is 2.09. The third-order valence-corrected chi connectivity index (χ3v) is 4.36. The average molecular weight is 408 g/mol. The predicted molar refractivity (Wildman–Crippen MR) is 93.7 cm³/mol. The molecule has 0 amide bonds. The van der Waals surface area contributed by atoms with Crippen molar-refractivity contribution in [1.29, 1.82) is 0 Å². The quantitative estimate of drug-likeness (QED) is 0.585. The van der Waals surface area contributed by atoms with E-state index in [1.807, 2.05) is 49.5 Å². The van der Waals surface area contributed by atoms with Crippen LogP contribution in [0.15, 0.2) is 56.4 Å². The minimum absolute atomic E-state index is 0.212. The molecule has 0 spiro atoms. The fourth-order valence-electron chi connectivity index (χ4n) is 2.23. The van der Waals surface area contributed by atoms with Gasteiger partial charge in [0.2, 0.25) is 5.88 Å². The fourth-order valence-corrected chi connectivity index (χ4v) is 2.85. The second-order valence-electron chi connectivity index (χ2n) is 4.69. The molecule has 0 aliphatic rings. The molecule has 0 fully saturated rings. The third-order valence-electron chi connectivity index (χ3n) is 3.34. The van der Waals surface area contributed by atoms with Gasteiger partial charge >= 0.3 is 0 Å². The van der Waals surface area contributed by atoms with Crippen LogP contribution >= 0.6 is 31.9 Å². The van der Waals surface area contributed by atoms with Gasteiger partial charge in [0.1, 0.15) is 0 Å². The molecule has 0 bridgehead atoms. The average Bonchev–Trinajstić information content (AvgIpc) is 2.70. The Morgan fingerprint density at radius 2 is 1.71 bits per heavy atom. The number of aryl methyl sites for hydroxylation is 1. The van der Waals surface area contributed by atoms with Gasteiger partial charge in [0.15, 0.2) is 0 Å². The Morgan fingerprint density at radius 3 is 2.43 bits per heavy atom. The number of nitrogens with zero attached hydrogens (tertiary/aromatic N) is 2. The first-order valence-corrected chi connectivity index (χ1v) is 7.91. The zero-order valence-corrected chi connectivity index (χ0v) is 14.4. The van der Waals surface area contributed by atoms with Crippen molar-refractivity contribution in [3.63, 3.8) is 0 Å². The number of rotatable bonds is 2. The standard InChI is InChI=1S/C16H12Br2N2O/c1-20-15-7-4-11(18)8-13(15)14(16(20)21)9-19-12-5-2-10(17)3-6-12/h2-9,21H,1H3. The molecule has 0 unspecified atom stereocenters. The molecule has 1 N–H and O–H groups in total. The van der Waals surface area contributed by atoms with Crippen LogP contribution in [0.3, 0.4) is 0 Å². The van der Waals surface area contributed by atoms with E-state index in [9.17, 15) is 5.11 Å². The molecule has 1 aromatic heterocycles. The van der Waals surface area contributed by atoms with Gasteiger partial charge in [0.05, 0.1) is 16.8 Å². The highest BCUT2D eigenvalue weighted by atomic mass is 79.9. The van der Waals surface area contributed by atoms with Crippen molar-refractivity contribution in [1.82, 2.24) is 4.57 Å². The number of aromatic nitrogens is 1. The molecule has 0 saturated heterocycles. The number of hydrogen-bond donors (Lipinski definition) is 1. The van der Waals surface area contributed by atoms with E-state index in [0.717, 1.165) is 31.1 Å². The second-order valence-corrected chi connectivity index (χ2v) is 6.52. The first kappa shape index (κ1) is 14.4. The van der Waals surface area contributed by atoms with E-state index in [1.165, 1.54) is 0 Å². The summed E-state index contributed by atoms with van der Waals surface area (Å²) in [5.74, 6) is 0.212. The number of fused-ring (bicyclic) bond motifs is 1. The van der Waals surface area contributed by atoms with Crippen LogP contribution in [0, 0.1) is 0 Å². The number of aromatic hydroxyl groups is 1. The molecule has 0 saturated carbocycles. The molecule has 5 heteroatoms. The lowest BCUT2D eigenvalue weighted by molar-refractivity contribution is 0.434. The first-order valence-electron chi connectivity index (χ1n) is 6.33. The van der Waals surface area contributed by atoms with Crippen molar-refractivity contribution in [3.05, 3.63) is 57.0 Å². The smallest absolute Gasteiger partial charge is 0.200 e. The number of aliphatic imine (C=N–C) groups is 1. The van der Waals surface area contributed by atoms with E-state index >= 15 is 0 Å². The van der Waals surface area contributed by atoms with Crippen LogP contribution in [-0.2, 0) is 7.05 Å². The van der Waals surface area contributed by atoms with Crippen molar-refractivity contribution in [2.24, 2.45) is 12.0 Å². The summed E-state index contributed by atoms with van der Waals surface area (Å²) < 4.78 is 3.74. The number of benzene rings is 2. The normalized spacial score (nSPS) is 11.6. The summed E-state index contributed by atoms with van der Waals surface area (Å²) in [5, 5.41) is 11.2. The highest BCUT2D eigenvalue weighted by molar-refractivity contribution is 9.10. The Morgan fingerprint density at radius 1 is 1.05 bits per heavy atom. The van der Waals surface area contributed by atoms with E-state index < -0.39 is 0 Å². The zero-order chi connectivity index (χ0) is 15.0. The summed E-state index contributed by atoms with van der Waals surface area (Å²) in [6.45, 7) is 0. The summed E-state index contributed by atoms with van der Waals surface area (Å²) in [5.41, 5.74) is 2.52. The van der Waals surface area contributed by atoms with Gasteiger partial charge in [0, 0.05) is 27.6 Å². The van der Waals surface area contributed by atoms with Crippen molar-refractivity contribution in [2.45, 2.75) is 0 Å². The molecule has 106 valence electrons. The molecule has 21 heavy (non-hydrogen) atoms. The van der Waals surface area contributed by atoms with Crippen molar-refractivity contribution in [2.75, 3.05) is 0 Å². The summed E-state index contributed by atoms with van der Waals surface area (Å²) in [6.07, 6.45) is 1.70. The molecule has 2 aromatic carbocycles. The molecule has 3 nitrogen and oxygen atoms in total. The van der Waals surface area contributed by atoms with Crippen LogP contribution in [0.25, 0.3) is 10.9 Å². The molecule has 1 heterocycles. The highest BCUT2D eigenvalue weighted by Crippen LogP contribution is 2.31. The maximum absolute atomic E-state index is 10.3. The van der Waals surface area contributed by atoms with Gasteiger partial charge in [0.25, 0.3) is 0 Å². The molecule has 0 radical (unpaired) electrons. The van der Waals surface area contributed by atoms with Gasteiger partial charge in [-0.25, -0.2) is 0 Å². The van der Waals surface area contributed by atoms with Crippen LogP contribution in [0.4, 0.5) is 5.69 Å². The lowest BCUT2D eigenvalue weighted by Crippen LogP contribution is -1.86. The zero-order valence-electron chi connectivity index (χ0n) is 11.2.